The first-order chi connectivity index (χ1) is 13.6. The summed E-state index contributed by atoms with van der Waals surface area (Å²) < 4.78 is 57.7. The lowest BCUT2D eigenvalue weighted by Crippen LogP contribution is -2.41. The number of hydrogen-bond acceptors (Lipinski definition) is 5. The topological polar surface area (TPSA) is 92.8 Å². The first-order valence-corrected chi connectivity index (χ1v) is 11.0. The summed E-state index contributed by atoms with van der Waals surface area (Å²) in [6.45, 7) is 3.58. The zero-order valence-corrected chi connectivity index (χ0v) is 17.3. The van der Waals surface area contributed by atoms with Crippen molar-refractivity contribution in [3.8, 4) is 0 Å². The number of ether oxygens (including phenoxy) is 1. The van der Waals surface area contributed by atoms with Gasteiger partial charge in [0.2, 0.25) is 10.0 Å². The van der Waals surface area contributed by atoms with Crippen LogP contribution < -0.4 is 5.32 Å². The van der Waals surface area contributed by atoms with Crippen LogP contribution in [-0.2, 0) is 24.3 Å². The number of piperidine rings is 1. The van der Waals surface area contributed by atoms with Gasteiger partial charge in [0.05, 0.1) is 10.8 Å². The lowest BCUT2D eigenvalue weighted by Gasteiger charge is -2.30. The zero-order valence-electron chi connectivity index (χ0n) is 16.5. The van der Waals surface area contributed by atoms with Crippen molar-refractivity contribution in [1.29, 1.82) is 0 Å². The second kappa shape index (κ2) is 10.1. The molecule has 0 spiro atoms. The SMILES string of the molecule is CCCC(C)NC(=O)COC(=O)C1CCN(S(=O)(=O)c2ccc(F)c(F)c2)CC1. The first-order valence-electron chi connectivity index (χ1n) is 9.56. The van der Waals surface area contributed by atoms with Crippen molar-refractivity contribution >= 4 is 21.9 Å². The van der Waals surface area contributed by atoms with E-state index in [0.717, 1.165) is 29.3 Å². The number of amides is 1. The van der Waals surface area contributed by atoms with Crippen molar-refractivity contribution in [1.82, 2.24) is 9.62 Å². The molecule has 1 N–H and O–H groups in total. The van der Waals surface area contributed by atoms with E-state index in [1.807, 2.05) is 13.8 Å². The molecule has 1 atom stereocenters. The van der Waals surface area contributed by atoms with E-state index < -0.39 is 33.5 Å². The third kappa shape index (κ3) is 6.20. The van der Waals surface area contributed by atoms with E-state index in [9.17, 15) is 26.8 Å². The largest absolute Gasteiger partial charge is 0.455 e. The molecular weight excluding hydrogens is 406 g/mol. The number of benzene rings is 1. The Bertz CT molecular complexity index is 839. The number of rotatable bonds is 8. The molecule has 1 aromatic carbocycles. The van der Waals surface area contributed by atoms with E-state index in [4.69, 9.17) is 4.74 Å². The Hall–Kier alpha value is -2.07. The van der Waals surface area contributed by atoms with Gasteiger partial charge >= 0.3 is 5.97 Å². The molecule has 0 aromatic heterocycles. The Morgan fingerprint density at radius 3 is 2.48 bits per heavy atom. The highest BCUT2D eigenvalue weighted by atomic mass is 32.2. The first kappa shape index (κ1) is 23.2. The molecule has 0 saturated carbocycles. The second-order valence-electron chi connectivity index (χ2n) is 7.12. The molecule has 2 rings (SSSR count). The minimum Gasteiger partial charge on any atom is -0.455 e. The predicted octanol–water partition coefficient (Wildman–Crippen LogP) is 2.21. The number of carbonyl (C=O) groups is 2. The molecule has 1 amide bonds. The van der Waals surface area contributed by atoms with Crippen LogP contribution in [0.1, 0.15) is 39.5 Å². The normalized spacial score (nSPS) is 17.0. The van der Waals surface area contributed by atoms with Gasteiger partial charge in [-0.1, -0.05) is 13.3 Å². The molecule has 0 radical (unpaired) electrons. The van der Waals surface area contributed by atoms with Crippen LogP contribution in [0.2, 0.25) is 0 Å². The Balaban J connectivity index is 1.85. The summed E-state index contributed by atoms with van der Waals surface area (Å²) in [5, 5.41) is 2.73. The van der Waals surface area contributed by atoms with Crippen LogP contribution in [0.3, 0.4) is 0 Å². The molecule has 29 heavy (non-hydrogen) atoms. The van der Waals surface area contributed by atoms with E-state index in [1.54, 1.807) is 0 Å². The molecule has 7 nitrogen and oxygen atoms in total. The molecule has 1 aliphatic heterocycles. The molecule has 0 aliphatic carbocycles. The van der Waals surface area contributed by atoms with Gasteiger partial charge in [0.15, 0.2) is 18.2 Å². The van der Waals surface area contributed by atoms with Crippen molar-refractivity contribution in [2.24, 2.45) is 5.92 Å². The smallest absolute Gasteiger partial charge is 0.309 e. The van der Waals surface area contributed by atoms with Gasteiger partial charge in [-0.05, 0) is 44.4 Å². The Labute approximate surface area is 169 Å². The maximum absolute atomic E-state index is 13.4. The Morgan fingerprint density at radius 2 is 1.90 bits per heavy atom. The number of carbonyl (C=O) groups excluding carboxylic acids is 2. The molecule has 1 aromatic rings. The summed E-state index contributed by atoms with van der Waals surface area (Å²) in [4.78, 5) is 23.6. The highest BCUT2D eigenvalue weighted by Crippen LogP contribution is 2.25. The minimum atomic E-state index is -3.98. The maximum atomic E-state index is 13.4. The monoisotopic (exact) mass is 432 g/mol. The average molecular weight is 432 g/mol. The fraction of sp³-hybridized carbons (Fsp3) is 0.579. The highest BCUT2D eigenvalue weighted by molar-refractivity contribution is 7.89. The van der Waals surface area contributed by atoms with Crippen LogP contribution in [0.15, 0.2) is 23.1 Å². The van der Waals surface area contributed by atoms with Crippen molar-refractivity contribution in [3.05, 3.63) is 29.8 Å². The highest BCUT2D eigenvalue weighted by Gasteiger charge is 2.33. The average Bonchev–Trinajstić information content (AvgIpc) is 2.68. The quantitative estimate of drug-likeness (QED) is 0.636. The molecule has 1 heterocycles. The van der Waals surface area contributed by atoms with Crippen molar-refractivity contribution < 1.29 is 31.5 Å². The number of esters is 1. The lowest BCUT2D eigenvalue weighted by atomic mass is 9.98. The maximum Gasteiger partial charge on any atom is 0.309 e. The van der Waals surface area contributed by atoms with Crippen molar-refractivity contribution in [3.63, 3.8) is 0 Å². The molecule has 1 aliphatic rings. The molecule has 1 unspecified atom stereocenters. The number of nitrogens with zero attached hydrogens (tertiary/aromatic N) is 1. The van der Waals surface area contributed by atoms with Gasteiger partial charge in [0, 0.05) is 19.1 Å². The van der Waals surface area contributed by atoms with Gasteiger partial charge in [-0.25, -0.2) is 17.2 Å². The van der Waals surface area contributed by atoms with Gasteiger partial charge in [0.1, 0.15) is 0 Å². The van der Waals surface area contributed by atoms with E-state index in [2.05, 4.69) is 5.32 Å². The summed E-state index contributed by atoms with van der Waals surface area (Å²) in [5.41, 5.74) is 0. The molecular formula is C19H26F2N2O5S. The Kier molecular flexibility index (Phi) is 8.09. The predicted molar refractivity (Wildman–Crippen MR) is 101 cm³/mol. The summed E-state index contributed by atoms with van der Waals surface area (Å²) in [5.74, 6) is -3.81. The van der Waals surface area contributed by atoms with Crippen LogP contribution in [-0.4, -0.2) is 50.3 Å². The fourth-order valence-electron chi connectivity index (χ4n) is 3.19. The molecule has 1 saturated heterocycles. The fourth-order valence-corrected chi connectivity index (χ4v) is 4.68. The van der Waals surface area contributed by atoms with Gasteiger partial charge in [0.25, 0.3) is 5.91 Å². The third-order valence-electron chi connectivity index (χ3n) is 4.79. The van der Waals surface area contributed by atoms with E-state index >= 15 is 0 Å². The van der Waals surface area contributed by atoms with Gasteiger partial charge in [-0.3, -0.25) is 9.59 Å². The van der Waals surface area contributed by atoms with Gasteiger partial charge in [-0.15, -0.1) is 0 Å². The zero-order chi connectivity index (χ0) is 21.6. The summed E-state index contributed by atoms with van der Waals surface area (Å²) in [7, 11) is -3.98. The van der Waals surface area contributed by atoms with Crippen LogP contribution in [0.4, 0.5) is 8.78 Å². The van der Waals surface area contributed by atoms with E-state index in [0.29, 0.717) is 6.07 Å². The van der Waals surface area contributed by atoms with E-state index in [-0.39, 0.29) is 49.4 Å². The van der Waals surface area contributed by atoms with Crippen LogP contribution in [0.5, 0.6) is 0 Å². The number of hydrogen-bond donors (Lipinski definition) is 1. The minimum absolute atomic E-state index is 0.00375. The molecule has 10 heteroatoms. The molecule has 1 fully saturated rings. The Morgan fingerprint density at radius 1 is 1.24 bits per heavy atom. The summed E-state index contributed by atoms with van der Waals surface area (Å²) >= 11 is 0. The number of nitrogens with one attached hydrogen (secondary N) is 1. The van der Waals surface area contributed by atoms with Crippen LogP contribution in [0, 0.1) is 17.6 Å². The van der Waals surface area contributed by atoms with Gasteiger partial charge in [-0.2, -0.15) is 4.31 Å². The van der Waals surface area contributed by atoms with Gasteiger partial charge < -0.3 is 10.1 Å². The van der Waals surface area contributed by atoms with Crippen molar-refractivity contribution in [2.75, 3.05) is 19.7 Å². The van der Waals surface area contributed by atoms with Crippen LogP contribution >= 0.6 is 0 Å². The second-order valence-corrected chi connectivity index (χ2v) is 9.06. The lowest BCUT2D eigenvalue weighted by molar-refractivity contribution is -0.153. The number of halogens is 2. The molecule has 0 bridgehead atoms. The number of sulfonamides is 1. The summed E-state index contributed by atoms with van der Waals surface area (Å²) in [6.07, 6.45) is 2.18. The third-order valence-corrected chi connectivity index (χ3v) is 6.69. The summed E-state index contributed by atoms with van der Waals surface area (Å²) in [6, 6.07) is 2.41. The van der Waals surface area contributed by atoms with Crippen LogP contribution in [0.25, 0.3) is 0 Å². The van der Waals surface area contributed by atoms with Crippen molar-refractivity contribution in [2.45, 2.75) is 50.5 Å². The standard InChI is InChI=1S/C19H26F2N2O5S/c1-3-4-13(2)22-18(24)12-28-19(25)14-7-9-23(10-8-14)29(26,27)15-5-6-16(20)17(21)11-15/h5-6,11,13-14H,3-4,7-10,12H2,1-2H3,(H,22,24). The van der Waals surface area contributed by atoms with E-state index in [1.165, 1.54) is 0 Å². The molecule has 162 valence electrons.